The molecule has 0 aliphatic rings. The van der Waals surface area contributed by atoms with E-state index in [0.29, 0.717) is 12.8 Å². The minimum absolute atomic E-state index is 0.0636. The molecule has 0 amide bonds. The predicted octanol–water partition coefficient (Wildman–Crippen LogP) is 5.81. The molecule has 216 valence electrons. The van der Waals surface area contributed by atoms with E-state index in [0.717, 1.165) is 19.3 Å². The van der Waals surface area contributed by atoms with Crippen LogP contribution in [0.2, 0.25) is 0 Å². The third-order valence-corrected chi connectivity index (χ3v) is 7.34. The van der Waals surface area contributed by atoms with Crippen LogP contribution in [0.5, 0.6) is 0 Å². The maximum atomic E-state index is 11.7. The Labute approximate surface area is 219 Å². The molecule has 5 N–H and O–H groups in total. The molecule has 0 fully saturated rings. The highest BCUT2D eigenvalue weighted by molar-refractivity contribution is 7.47. The van der Waals surface area contributed by atoms with Crippen molar-refractivity contribution < 1.29 is 38.3 Å². The molecular formula is C26H54NO8P. The Morgan fingerprint density at radius 1 is 0.833 bits per heavy atom. The van der Waals surface area contributed by atoms with Crippen LogP contribution in [0.15, 0.2) is 0 Å². The van der Waals surface area contributed by atoms with Gasteiger partial charge in [0.2, 0.25) is 0 Å². The van der Waals surface area contributed by atoms with Gasteiger partial charge < -0.3 is 25.6 Å². The molecule has 0 saturated carbocycles. The number of carboxylic acids is 1. The van der Waals surface area contributed by atoms with Crippen LogP contribution < -0.4 is 5.73 Å². The first-order chi connectivity index (χ1) is 17.3. The van der Waals surface area contributed by atoms with E-state index >= 15 is 0 Å². The van der Waals surface area contributed by atoms with Crippen molar-refractivity contribution in [1.29, 1.82) is 0 Å². The number of carboxylic acid groups (broad SMARTS) is 1. The molecule has 4 unspecified atom stereocenters. The van der Waals surface area contributed by atoms with Crippen molar-refractivity contribution in [2.45, 2.75) is 129 Å². The number of hydrogen-bond acceptors (Lipinski definition) is 7. The molecule has 4 atom stereocenters. The third-order valence-electron chi connectivity index (χ3n) is 6.35. The van der Waals surface area contributed by atoms with Crippen molar-refractivity contribution in [3.05, 3.63) is 0 Å². The van der Waals surface area contributed by atoms with Crippen LogP contribution in [-0.4, -0.2) is 59.6 Å². The van der Waals surface area contributed by atoms with Gasteiger partial charge in [0.05, 0.1) is 31.8 Å². The Hall–Kier alpha value is -0.540. The number of unbranched alkanes of at least 4 members (excludes halogenated alkanes) is 13. The number of nitrogens with two attached hydrogens (primary N) is 1. The van der Waals surface area contributed by atoms with E-state index in [1.807, 2.05) is 0 Å². The fourth-order valence-electron chi connectivity index (χ4n) is 4.21. The van der Waals surface area contributed by atoms with Crippen molar-refractivity contribution in [1.82, 2.24) is 0 Å². The molecule has 9 nitrogen and oxygen atoms in total. The zero-order chi connectivity index (χ0) is 27.1. The van der Waals surface area contributed by atoms with Crippen molar-refractivity contribution >= 4 is 13.8 Å². The summed E-state index contributed by atoms with van der Waals surface area (Å²) in [5.41, 5.74) is 5.22. The van der Waals surface area contributed by atoms with Crippen molar-refractivity contribution in [3.8, 4) is 0 Å². The Morgan fingerprint density at radius 3 is 1.78 bits per heavy atom. The normalized spacial score (nSPS) is 15.9. The number of phosphoric ester groups is 1. The molecule has 0 aliphatic heterocycles. The maximum absolute atomic E-state index is 11.7. The van der Waals surface area contributed by atoms with Gasteiger partial charge in [0, 0.05) is 6.54 Å². The van der Waals surface area contributed by atoms with Gasteiger partial charge in [-0.1, -0.05) is 104 Å². The first-order valence-electron chi connectivity index (χ1n) is 14.1. The number of ether oxygens (including phenoxy) is 1. The van der Waals surface area contributed by atoms with Gasteiger partial charge in [0.15, 0.2) is 0 Å². The molecule has 0 aromatic rings. The van der Waals surface area contributed by atoms with Crippen LogP contribution in [-0.2, 0) is 23.1 Å². The van der Waals surface area contributed by atoms with Crippen molar-refractivity contribution in [2.24, 2.45) is 11.7 Å². The summed E-state index contributed by atoms with van der Waals surface area (Å²) in [7, 11) is -4.29. The molecule has 0 aromatic carbocycles. The highest BCUT2D eigenvalue weighted by Crippen LogP contribution is 2.42. The highest BCUT2D eigenvalue weighted by Gasteiger charge is 2.28. The monoisotopic (exact) mass is 539 g/mol. The van der Waals surface area contributed by atoms with Crippen molar-refractivity contribution in [2.75, 3.05) is 26.4 Å². The summed E-state index contributed by atoms with van der Waals surface area (Å²) in [5, 5.41) is 19.6. The molecule has 0 bridgehead atoms. The Kier molecular flexibility index (Phi) is 23.2. The highest BCUT2D eigenvalue weighted by atomic mass is 31.2. The molecule has 0 rings (SSSR count). The SMILES string of the molecule is CCCCCCCCCCCCCCCCC(OCC(O)COP(=O)(O)OCCN)C(CC)C(=O)O. The second kappa shape index (κ2) is 23.6. The maximum Gasteiger partial charge on any atom is 0.472 e. The van der Waals surface area contributed by atoms with E-state index in [1.54, 1.807) is 6.92 Å². The number of rotatable bonds is 27. The van der Waals surface area contributed by atoms with E-state index < -0.39 is 38.5 Å². The zero-order valence-electron chi connectivity index (χ0n) is 22.8. The van der Waals surface area contributed by atoms with E-state index in [2.05, 4.69) is 11.4 Å². The topological polar surface area (TPSA) is 149 Å². The lowest BCUT2D eigenvalue weighted by Crippen LogP contribution is -2.33. The lowest BCUT2D eigenvalue weighted by Gasteiger charge is -2.25. The Balaban J connectivity index is 4.11. The summed E-state index contributed by atoms with van der Waals surface area (Å²) in [4.78, 5) is 21.1. The number of aliphatic carboxylic acids is 1. The summed E-state index contributed by atoms with van der Waals surface area (Å²) in [6, 6.07) is 0. The number of hydrogen-bond donors (Lipinski definition) is 4. The second-order valence-electron chi connectivity index (χ2n) is 9.65. The Bertz CT molecular complexity index is 566. The first-order valence-corrected chi connectivity index (χ1v) is 15.6. The first kappa shape index (κ1) is 35.5. The molecular weight excluding hydrogens is 485 g/mol. The number of aliphatic hydroxyl groups is 1. The summed E-state index contributed by atoms with van der Waals surface area (Å²) in [6.45, 7) is 3.32. The zero-order valence-corrected chi connectivity index (χ0v) is 23.7. The lowest BCUT2D eigenvalue weighted by atomic mass is 9.94. The number of phosphoric acid groups is 1. The van der Waals surface area contributed by atoms with Crippen LogP contribution in [0, 0.1) is 5.92 Å². The standard InChI is InChI=1S/C26H54NO8P/c1-3-5-6-7-8-9-10-11-12-13-14-15-16-17-18-25(24(4-2)26(29)30)33-21-23(28)22-35-36(31,32)34-20-19-27/h23-25,28H,3-22,27H2,1-2H3,(H,29,30)(H,31,32). The Morgan fingerprint density at radius 2 is 1.33 bits per heavy atom. The summed E-state index contributed by atoms with van der Waals surface area (Å²) in [5.74, 6) is -1.59. The van der Waals surface area contributed by atoms with Gasteiger partial charge in [-0.3, -0.25) is 13.8 Å². The van der Waals surface area contributed by atoms with Gasteiger partial charge >= 0.3 is 13.8 Å². The molecule has 36 heavy (non-hydrogen) atoms. The van der Waals surface area contributed by atoms with Gasteiger partial charge in [-0.15, -0.1) is 0 Å². The molecule has 0 heterocycles. The van der Waals surface area contributed by atoms with E-state index in [-0.39, 0.29) is 19.8 Å². The predicted molar refractivity (Wildman–Crippen MR) is 143 cm³/mol. The summed E-state index contributed by atoms with van der Waals surface area (Å²) in [6.07, 6.45) is 16.8. The van der Waals surface area contributed by atoms with Gasteiger partial charge in [0.1, 0.15) is 6.10 Å². The van der Waals surface area contributed by atoms with Crippen LogP contribution in [0.4, 0.5) is 0 Å². The number of carbonyl (C=O) groups is 1. The van der Waals surface area contributed by atoms with Crippen LogP contribution >= 0.6 is 7.82 Å². The van der Waals surface area contributed by atoms with E-state index in [9.17, 15) is 24.5 Å². The average molecular weight is 540 g/mol. The quantitative estimate of drug-likeness (QED) is 0.0749. The van der Waals surface area contributed by atoms with E-state index in [1.165, 1.54) is 70.6 Å². The van der Waals surface area contributed by atoms with Crippen LogP contribution in [0.3, 0.4) is 0 Å². The fraction of sp³-hybridized carbons (Fsp3) is 0.962. The minimum Gasteiger partial charge on any atom is -0.481 e. The van der Waals surface area contributed by atoms with Crippen LogP contribution in [0.25, 0.3) is 0 Å². The second-order valence-corrected chi connectivity index (χ2v) is 11.1. The van der Waals surface area contributed by atoms with Crippen LogP contribution in [0.1, 0.15) is 117 Å². The minimum atomic E-state index is -4.29. The molecule has 0 aromatic heterocycles. The van der Waals surface area contributed by atoms with Gasteiger partial charge in [0.25, 0.3) is 0 Å². The lowest BCUT2D eigenvalue weighted by molar-refractivity contribution is -0.149. The smallest absolute Gasteiger partial charge is 0.472 e. The molecule has 10 heteroatoms. The molecule has 0 radical (unpaired) electrons. The molecule has 0 saturated heterocycles. The van der Waals surface area contributed by atoms with Gasteiger partial charge in [-0.2, -0.15) is 0 Å². The third kappa shape index (κ3) is 20.5. The number of aliphatic hydroxyl groups excluding tert-OH is 1. The molecule has 0 spiro atoms. The van der Waals surface area contributed by atoms with Crippen molar-refractivity contribution in [3.63, 3.8) is 0 Å². The van der Waals surface area contributed by atoms with E-state index in [4.69, 9.17) is 15.0 Å². The summed E-state index contributed by atoms with van der Waals surface area (Å²) < 4.78 is 26.7. The van der Waals surface area contributed by atoms with Gasteiger partial charge in [-0.25, -0.2) is 4.57 Å². The van der Waals surface area contributed by atoms with Gasteiger partial charge in [-0.05, 0) is 12.8 Å². The average Bonchev–Trinajstić information content (AvgIpc) is 2.84. The summed E-state index contributed by atoms with van der Waals surface area (Å²) >= 11 is 0. The largest absolute Gasteiger partial charge is 0.481 e. The fourth-order valence-corrected chi connectivity index (χ4v) is 4.98. The molecule has 0 aliphatic carbocycles.